The molecule has 0 saturated heterocycles. The van der Waals surface area contributed by atoms with Crippen molar-refractivity contribution in [3.63, 3.8) is 0 Å². The van der Waals surface area contributed by atoms with Crippen LogP contribution in [0.2, 0.25) is 0 Å². The Morgan fingerprint density at radius 1 is 1.43 bits per heavy atom. The van der Waals surface area contributed by atoms with E-state index in [1.54, 1.807) is 6.07 Å². The van der Waals surface area contributed by atoms with Gasteiger partial charge in [-0.2, -0.15) is 0 Å². The maximum atomic E-state index is 9.44. The third kappa shape index (κ3) is 0.924. The standard InChI is InChI=1S/C11H14N2O/c1-13-10-6-8(14)2-3-9(10)12-7-11(13)4-5-11/h2-3,6,12,14H,4-5,7H2,1H3. The van der Waals surface area contributed by atoms with Crippen molar-refractivity contribution in [1.82, 2.24) is 0 Å². The van der Waals surface area contributed by atoms with Gasteiger partial charge in [0, 0.05) is 19.7 Å². The zero-order chi connectivity index (χ0) is 9.76. The lowest BCUT2D eigenvalue weighted by atomic mass is 10.1. The second kappa shape index (κ2) is 2.35. The van der Waals surface area contributed by atoms with Gasteiger partial charge in [0.2, 0.25) is 0 Å². The summed E-state index contributed by atoms with van der Waals surface area (Å²) in [5.74, 6) is 0.343. The number of nitrogens with zero attached hydrogens (tertiary/aromatic N) is 1. The topological polar surface area (TPSA) is 35.5 Å². The van der Waals surface area contributed by atoms with Crippen molar-refractivity contribution in [3.8, 4) is 5.75 Å². The molecule has 0 aromatic heterocycles. The van der Waals surface area contributed by atoms with Gasteiger partial charge in [-0.05, 0) is 25.0 Å². The highest BCUT2D eigenvalue weighted by Gasteiger charge is 2.48. The average Bonchev–Trinajstić information content (AvgIpc) is 2.94. The highest BCUT2D eigenvalue weighted by Crippen LogP contribution is 2.48. The van der Waals surface area contributed by atoms with Gasteiger partial charge in [-0.1, -0.05) is 0 Å². The van der Waals surface area contributed by atoms with Crippen molar-refractivity contribution in [3.05, 3.63) is 18.2 Å². The van der Waals surface area contributed by atoms with Gasteiger partial charge < -0.3 is 15.3 Å². The van der Waals surface area contributed by atoms with Crippen LogP contribution in [-0.2, 0) is 0 Å². The number of rotatable bonds is 0. The van der Waals surface area contributed by atoms with E-state index in [0.29, 0.717) is 11.3 Å². The molecule has 0 radical (unpaired) electrons. The van der Waals surface area contributed by atoms with Crippen LogP contribution in [0.5, 0.6) is 5.75 Å². The highest BCUT2D eigenvalue weighted by molar-refractivity contribution is 5.75. The molecule has 1 saturated carbocycles. The molecule has 14 heavy (non-hydrogen) atoms. The number of nitrogens with one attached hydrogen (secondary N) is 1. The van der Waals surface area contributed by atoms with Crippen LogP contribution in [0.1, 0.15) is 12.8 Å². The Kier molecular flexibility index (Phi) is 1.34. The molecule has 1 aliphatic carbocycles. The first kappa shape index (κ1) is 7.97. The minimum atomic E-state index is 0.334. The molecule has 1 aromatic rings. The van der Waals surface area contributed by atoms with Gasteiger partial charge in [0.1, 0.15) is 5.75 Å². The van der Waals surface area contributed by atoms with Gasteiger partial charge in [-0.25, -0.2) is 0 Å². The quantitative estimate of drug-likeness (QED) is 0.612. The van der Waals surface area contributed by atoms with E-state index in [0.717, 1.165) is 17.9 Å². The van der Waals surface area contributed by atoms with Crippen LogP contribution in [0.25, 0.3) is 0 Å². The molecule has 74 valence electrons. The van der Waals surface area contributed by atoms with Crippen molar-refractivity contribution in [2.45, 2.75) is 18.4 Å². The zero-order valence-corrected chi connectivity index (χ0v) is 8.25. The Labute approximate surface area is 83.3 Å². The van der Waals surface area contributed by atoms with Gasteiger partial charge in [0.25, 0.3) is 0 Å². The van der Waals surface area contributed by atoms with Crippen LogP contribution in [0.15, 0.2) is 18.2 Å². The second-order valence-electron chi connectivity index (χ2n) is 4.34. The molecule has 0 atom stereocenters. The van der Waals surface area contributed by atoms with Crippen molar-refractivity contribution in [2.75, 3.05) is 23.8 Å². The molecule has 1 fully saturated rings. The van der Waals surface area contributed by atoms with Crippen LogP contribution >= 0.6 is 0 Å². The summed E-state index contributed by atoms with van der Waals surface area (Å²) in [4.78, 5) is 2.30. The van der Waals surface area contributed by atoms with E-state index in [-0.39, 0.29) is 0 Å². The van der Waals surface area contributed by atoms with E-state index in [2.05, 4.69) is 17.3 Å². The van der Waals surface area contributed by atoms with Crippen LogP contribution in [0.3, 0.4) is 0 Å². The van der Waals surface area contributed by atoms with Gasteiger partial charge >= 0.3 is 0 Å². The summed E-state index contributed by atoms with van der Waals surface area (Å²) in [6, 6.07) is 5.50. The minimum absolute atomic E-state index is 0.334. The molecule has 1 spiro atoms. The molecule has 1 aromatic carbocycles. The van der Waals surface area contributed by atoms with Crippen molar-refractivity contribution >= 4 is 11.4 Å². The molecule has 2 aliphatic rings. The number of benzene rings is 1. The third-order valence-corrected chi connectivity index (χ3v) is 3.49. The number of fused-ring (bicyclic) bond motifs is 1. The maximum absolute atomic E-state index is 9.44. The number of phenols is 1. The number of phenolic OH excluding ortho intramolecular Hbond substituents is 1. The summed E-state index contributed by atoms with van der Waals surface area (Å²) >= 11 is 0. The first-order chi connectivity index (χ1) is 6.71. The Balaban J connectivity index is 2.09. The molecule has 1 aliphatic heterocycles. The van der Waals surface area contributed by atoms with Gasteiger partial charge in [-0.15, -0.1) is 0 Å². The van der Waals surface area contributed by atoms with Crippen molar-refractivity contribution in [1.29, 1.82) is 0 Å². The van der Waals surface area contributed by atoms with Crippen molar-refractivity contribution in [2.24, 2.45) is 0 Å². The van der Waals surface area contributed by atoms with E-state index in [9.17, 15) is 5.11 Å². The van der Waals surface area contributed by atoms with E-state index < -0.39 is 0 Å². The summed E-state index contributed by atoms with van der Waals surface area (Å²) in [5.41, 5.74) is 2.58. The smallest absolute Gasteiger partial charge is 0.117 e. The van der Waals surface area contributed by atoms with Crippen LogP contribution in [0, 0.1) is 0 Å². The fourth-order valence-electron chi connectivity index (χ4n) is 2.24. The molecule has 3 nitrogen and oxygen atoms in total. The first-order valence-electron chi connectivity index (χ1n) is 5.02. The minimum Gasteiger partial charge on any atom is -0.508 e. The lowest BCUT2D eigenvalue weighted by Gasteiger charge is -2.37. The number of hydrogen-bond donors (Lipinski definition) is 2. The fourth-order valence-corrected chi connectivity index (χ4v) is 2.24. The molecule has 3 heteroatoms. The Morgan fingerprint density at radius 3 is 2.93 bits per heavy atom. The van der Waals surface area contributed by atoms with Crippen molar-refractivity contribution < 1.29 is 5.11 Å². The van der Waals surface area contributed by atoms with E-state index in [4.69, 9.17) is 0 Å². The predicted molar refractivity (Wildman–Crippen MR) is 57.0 cm³/mol. The molecule has 0 bridgehead atoms. The molecule has 3 rings (SSSR count). The van der Waals surface area contributed by atoms with Crippen LogP contribution in [-0.4, -0.2) is 24.2 Å². The maximum Gasteiger partial charge on any atom is 0.117 e. The summed E-state index contributed by atoms with van der Waals surface area (Å²) in [6.07, 6.45) is 2.51. The Bertz CT molecular complexity index is 385. The fraction of sp³-hybridized carbons (Fsp3) is 0.455. The number of anilines is 2. The number of likely N-dealkylation sites (N-methyl/N-ethyl adjacent to an activating group) is 1. The van der Waals surface area contributed by atoms with E-state index in [1.807, 2.05) is 12.1 Å². The monoisotopic (exact) mass is 190 g/mol. The third-order valence-electron chi connectivity index (χ3n) is 3.49. The molecule has 0 unspecified atom stereocenters. The van der Waals surface area contributed by atoms with Gasteiger partial charge in [0.15, 0.2) is 0 Å². The van der Waals surface area contributed by atoms with E-state index >= 15 is 0 Å². The second-order valence-corrected chi connectivity index (χ2v) is 4.34. The SMILES string of the molecule is CN1c2cc(O)ccc2NCC12CC2. The summed E-state index contributed by atoms with van der Waals surface area (Å²) in [5, 5.41) is 12.9. The van der Waals surface area contributed by atoms with Crippen LogP contribution in [0.4, 0.5) is 11.4 Å². The molecule has 1 heterocycles. The molecular weight excluding hydrogens is 176 g/mol. The van der Waals surface area contributed by atoms with E-state index in [1.165, 1.54) is 12.8 Å². The van der Waals surface area contributed by atoms with Crippen LogP contribution < -0.4 is 10.2 Å². The zero-order valence-electron chi connectivity index (χ0n) is 8.25. The highest BCUT2D eigenvalue weighted by atomic mass is 16.3. The summed E-state index contributed by atoms with van der Waals surface area (Å²) in [6.45, 7) is 1.03. The molecule has 0 amide bonds. The average molecular weight is 190 g/mol. The normalized spacial score (nSPS) is 21.6. The summed E-state index contributed by atoms with van der Waals surface area (Å²) < 4.78 is 0. The van der Waals surface area contributed by atoms with Gasteiger partial charge in [0.05, 0.1) is 16.9 Å². The van der Waals surface area contributed by atoms with Gasteiger partial charge in [-0.3, -0.25) is 0 Å². The Hall–Kier alpha value is -1.38. The number of hydrogen-bond acceptors (Lipinski definition) is 3. The Morgan fingerprint density at radius 2 is 2.21 bits per heavy atom. The first-order valence-corrected chi connectivity index (χ1v) is 5.02. The lowest BCUT2D eigenvalue weighted by molar-refractivity contribution is 0.474. The number of aromatic hydroxyl groups is 1. The largest absolute Gasteiger partial charge is 0.508 e. The predicted octanol–water partition coefficient (Wildman–Crippen LogP) is 1.79. The lowest BCUT2D eigenvalue weighted by Crippen LogP contribution is -2.43. The summed E-state index contributed by atoms with van der Waals surface area (Å²) in [7, 11) is 2.12. The molecule has 2 N–H and O–H groups in total. The molecular formula is C11H14N2O.